The molecule has 0 radical (unpaired) electrons. The summed E-state index contributed by atoms with van der Waals surface area (Å²) < 4.78 is 10.6. The molecule has 1 aromatic rings. The van der Waals surface area contributed by atoms with Crippen molar-refractivity contribution in [3.63, 3.8) is 0 Å². The number of nitrogens with two attached hydrogens (primary N) is 1. The highest BCUT2D eigenvalue weighted by Crippen LogP contribution is 2.33. The van der Waals surface area contributed by atoms with Gasteiger partial charge in [-0.3, -0.25) is 4.99 Å². The first kappa shape index (κ1) is 15.9. The molecule has 0 spiro atoms. The van der Waals surface area contributed by atoms with Gasteiger partial charge in [-0.15, -0.1) is 24.0 Å². The zero-order valence-corrected chi connectivity index (χ0v) is 13.8. The van der Waals surface area contributed by atoms with E-state index in [2.05, 4.69) is 9.89 Å². The van der Waals surface area contributed by atoms with Crippen LogP contribution in [0.3, 0.4) is 0 Å². The lowest BCUT2D eigenvalue weighted by atomic mass is 9.99. The molecule has 0 aromatic heterocycles. The highest BCUT2D eigenvalue weighted by atomic mass is 127. The first-order chi connectivity index (χ1) is 8.69. The molecule has 0 amide bonds. The third kappa shape index (κ3) is 3.23. The lowest BCUT2D eigenvalue weighted by molar-refractivity contribution is 0.347. The molecule has 5 nitrogen and oxygen atoms in total. The monoisotopic (exact) mass is 377 g/mol. The zero-order chi connectivity index (χ0) is 13.1. The number of methoxy groups -OCH3 is 2. The first-order valence-electron chi connectivity index (χ1n) is 5.90. The van der Waals surface area contributed by atoms with Gasteiger partial charge in [-0.05, 0) is 29.7 Å². The summed E-state index contributed by atoms with van der Waals surface area (Å²) in [5.41, 5.74) is 8.35. The molecule has 2 N–H and O–H groups in total. The summed E-state index contributed by atoms with van der Waals surface area (Å²) in [5.74, 6) is 2.11. The minimum Gasteiger partial charge on any atom is -0.493 e. The van der Waals surface area contributed by atoms with E-state index < -0.39 is 0 Å². The van der Waals surface area contributed by atoms with Crippen molar-refractivity contribution in [2.24, 2.45) is 10.7 Å². The van der Waals surface area contributed by atoms with Crippen molar-refractivity contribution >= 4 is 29.9 Å². The maximum atomic E-state index is 5.85. The summed E-state index contributed by atoms with van der Waals surface area (Å²) in [4.78, 5) is 6.09. The van der Waals surface area contributed by atoms with Crippen LogP contribution in [-0.4, -0.2) is 38.7 Å². The molecule has 0 bridgehead atoms. The van der Waals surface area contributed by atoms with Crippen molar-refractivity contribution in [2.45, 2.75) is 13.0 Å². The Kier molecular flexibility index (Phi) is 5.71. The number of aliphatic imine (C=N–C) groups is 1. The minimum absolute atomic E-state index is 0. The van der Waals surface area contributed by atoms with E-state index in [4.69, 9.17) is 15.2 Å². The fourth-order valence-corrected chi connectivity index (χ4v) is 2.22. The molecule has 1 heterocycles. The van der Waals surface area contributed by atoms with Gasteiger partial charge < -0.3 is 20.1 Å². The molecule has 1 aliphatic rings. The molecule has 106 valence electrons. The van der Waals surface area contributed by atoms with Crippen LogP contribution in [0.25, 0.3) is 0 Å². The van der Waals surface area contributed by atoms with Gasteiger partial charge in [0.1, 0.15) is 0 Å². The van der Waals surface area contributed by atoms with E-state index in [9.17, 15) is 0 Å². The molecule has 1 aliphatic heterocycles. The lowest BCUT2D eigenvalue weighted by Gasteiger charge is -2.30. The van der Waals surface area contributed by atoms with Crippen molar-refractivity contribution in [3.8, 4) is 11.5 Å². The number of rotatable bonds is 2. The van der Waals surface area contributed by atoms with E-state index in [1.54, 1.807) is 21.3 Å². The van der Waals surface area contributed by atoms with Gasteiger partial charge >= 0.3 is 0 Å². The summed E-state index contributed by atoms with van der Waals surface area (Å²) >= 11 is 0. The number of benzene rings is 1. The Labute approximate surface area is 130 Å². The maximum Gasteiger partial charge on any atom is 0.191 e. The van der Waals surface area contributed by atoms with Crippen molar-refractivity contribution in [1.29, 1.82) is 0 Å². The van der Waals surface area contributed by atoms with Gasteiger partial charge in [-0.1, -0.05) is 0 Å². The Balaban J connectivity index is 0.00000180. The Morgan fingerprint density at radius 1 is 1.21 bits per heavy atom. The highest BCUT2D eigenvalue weighted by molar-refractivity contribution is 14.0. The molecule has 2 rings (SSSR count). The summed E-state index contributed by atoms with van der Waals surface area (Å²) in [6.45, 7) is 1.64. The molecule has 0 aliphatic carbocycles. The first-order valence-corrected chi connectivity index (χ1v) is 5.90. The van der Waals surface area contributed by atoms with E-state index in [1.807, 2.05) is 12.1 Å². The number of halogens is 1. The summed E-state index contributed by atoms with van der Waals surface area (Å²) in [6.07, 6.45) is 0.936. The van der Waals surface area contributed by atoms with Crippen LogP contribution < -0.4 is 15.2 Å². The number of hydrogen-bond donors (Lipinski definition) is 1. The van der Waals surface area contributed by atoms with Gasteiger partial charge in [0.2, 0.25) is 0 Å². The van der Waals surface area contributed by atoms with Gasteiger partial charge in [0, 0.05) is 20.1 Å². The Hall–Kier alpha value is -1.18. The Bertz CT molecular complexity index is 477. The van der Waals surface area contributed by atoms with Crippen LogP contribution in [0, 0.1) is 0 Å². The SMILES string of the molecule is CN=C(N)N1CCc2cc(OC)c(OC)cc2C1.I. The molecule has 0 saturated heterocycles. The maximum absolute atomic E-state index is 5.85. The molecule has 0 fully saturated rings. The lowest BCUT2D eigenvalue weighted by Crippen LogP contribution is -2.40. The van der Waals surface area contributed by atoms with Crippen LogP contribution in [0.5, 0.6) is 11.5 Å². The number of ether oxygens (including phenoxy) is 2. The molecular weight excluding hydrogens is 357 g/mol. The van der Waals surface area contributed by atoms with Crippen LogP contribution in [0.15, 0.2) is 17.1 Å². The Morgan fingerprint density at radius 2 is 1.79 bits per heavy atom. The number of nitrogens with zero attached hydrogens (tertiary/aromatic N) is 2. The van der Waals surface area contributed by atoms with E-state index in [0.717, 1.165) is 31.0 Å². The quantitative estimate of drug-likeness (QED) is 0.484. The predicted octanol–water partition coefficient (Wildman–Crippen LogP) is 1.62. The largest absolute Gasteiger partial charge is 0.493 e. The summed E-state index contributed by atoms with van der Waals surface area (Å²) in [6, 6.07) is 4.06. The molecule has 0 saturated carbocycles. The van der Waals surface area contributed by atoms with E-state index >= 15 is 0 Å². The third-order valence-corrected chi connectivity index (χ3v) is 3.27. The minimum atomic E-state index is 0. The molecule has 1 aromatic carbocycles. The average molecular weight is 377 g/mol. The average Bonchev–Trinajstić information content (AvgIpc) is 2.44. The number of hydrogen-bond acceptors (Lipinski definition) is 3. The van der Waals surface area contributed by atoms with Crippen molar-refractivity contribution in [2.75, 3.05) is 27.8 Å². The standard InChI is InChI=1S/C13H19N3O2.HI/c1-15-13(14)16-5-4-9-6-11(17-2)12(18-3)7-10(9)8-16;/h6-7H,4-5,8H2,1-3H3,(H2,14,15);1H. The van der Waals surface area contributed by atoms with Gasteiger partial charge in [-0.2, -0.15) is 0 Å². The summed E-state index contributed by atoms with van der Waals surface area (Å²) in [5, 5.41) is 0. The van der Waals surface area contributed by atoms with Crippen LogP contribution in [-0.2, 0) is 13.0 Å². The normalized spacial score (nSPS) is 14.5. The molecule has 19 heavy (non-hydrogen) atoms. The van der Waals surface area contributed by atoms with Gasteiger partial charge in [0.25, 0.3) is 0 Å². The van der Waals surface area contributed by atoms with E-state index in [1.165, 1.54) is 11.1 Å². The predicted molar refractivity (Wildman–Crippen MR) is 86.6 cm³/mol. The van der Waals surface area contributed by atoms with Crippen molar-refractivity contribution < 1.29 is 9.47 Å². The zero-order valence-electron chi connectivity index (χ0n) is 11.5. The van der Waals surface area contributed by atoms with Crippen LogP contribution in [0.4, 0.5) is 0 Å². The number of fused-ring (bicyclic) bond motifs is 1. The molecule has 6 heteroatoms. The summed E-state index contributed by atoms with van der Waals surface area (Å²) in [7, 11) is 5.01. The van der Waals surface area contributed by atoms with E-state index in [-0.39, 0.29) is 24.0 Å². The second-order valence-corrected chi connectivity index (χ2v) is 4.23. The van der Waals surface area contributed by atoms with Gasteiger partial charge in [-0.25, -0.2) is 0 Å². The topological polar surface area (TPSA) is 60.1 Å². The molecule has 0 atom stereocenters. The fraction of sp³-hybridized carbons (Fsp3) is 0.462. The number of guanidine groups is 1. The second-order valence-electron chi connectivity index (χ2n) is 4.23. The molecule has 0 unspecified atom stereocenters. The van der Waals surface area contributed by atoms with Crippen LogP contribution in [0.1, 0.15) is 11.1 Å². The van der Waals surface area contributed by atoms with Crippen molar-refractivity contribution in [1.82, 2.24) is 4.90 Å². The van der Waals surface area contributed by atoms with Gasteiger partial charge in [0.05, 0.1) is 14.2 Å². The van der Waals surface area contributed by atoms with Crippen molar-refractivity contribution in [3.05, 3.63) is 23.3 Å². The second kappa shape index (κ2) is 6.83. The smallest absolute Gasteiger partial charge is 0.191 e. The highest BCUT2D eigenvalue weighted by Gasteiger charge is 2.20. The fourth-order valence-electron chi connectivity index (χ4n) is 2.22. The molecular formula is C13H20IN3O2. The van der Waals surface area contributed by atoms with Gasteiger partial charge in [0.15, 0.2) is 17.5 Å². The van der Waals surface area contributed by atoms with Crippen LogP contribution >= 0.6 is 24.0 Å². The third-order valence-electron chi connectivity index (χ3n) is 3.27. The van der Waals surface area contributed by atoms with E-state index in [0.29, 0.717) is 5.96 Å². The van der Waals surface area contributed by atoms with Crippen LogP contribution in [0.2, 0.25) is 0 Å². The Morgan fingerprint density at radius 3 is 2.32 bits per heavy atom.